The zero-order valence-electron chi connectivity index (χ0n) is 15.2. The maximum atomic E-state index is 13.5. The zero-order valence-corrected chi connectivity index (χ0v) is 15.2. The van der Waals surface area contributed by atoms with Gasteiger partial charge in [0, 0.05) is 29.4 Å². The Bertz CT molecular complexity index is 617. The van der Waals surface area contributed by atoms with Crippen LogP contribution in [0.25, 0.3) is 0 Å². The van der Waals surface area contributed by atoms with Crippen LogP contribution in [-0.4, -0.2) is 24.1 Å². The highest BCUT2D eigenvalue weighted by Crippen LogP contribution is 2.54. The van der Waals surface area contributed by atoms with E-state index in [4.69, 9.17) is 4.74 Å². The number of hydrogen-bond acceptors (Lipinski definition) is 4. The van der Waals surface area contributed by atoms with E-state index in [1.807, 2.05) is 13.8 Å². The second-order valence-electron chi connectivity index (χ2n) is 8.21. The summed E-state index contributed by atoms with van der Waals surface area (Å²) in [7, 11) is 0. The minimum Gasteiger partial charge on any atom is -0.463 e. The highest BCUT2D eigenvalue weighted by atomic mass is 16.5. The van der Waals surface area contributed by atoms with Gasteiger partial charge in [0.05, 0.1) is 6.61 Å². The number of ether oxygens (including phenoxy) is 1. The van der Waals surface area contributed by atoms with Crippen molar-refractivity contribution in [1.82, 2.24) is 0 Å². The molecule has 0 aromatic heterocycles. The number of allylic oxidation sites excluding steroid dienone is 1. The Morgan fingerprint density at radius 2 is 1.96 bits per heavy atom. The number of hydrogen-bond donors (Lipinski definition) is 0. The van der Waals surface area contributed by atoms with Gasteiger partial charge in [0.1, 0.15) is 5.78 Å². The molecule has 24 heavy (non-hydrogen) atoms. The molecule has 0 spiro atoms. The van der Waals surface area contributed by atoms with Gasteiger partial charge in [-0.3, -0.25) is 9.59 Å². The fourth-order valence-electron chi connectivity index (χ4n) is 5.22. The molecule has 3 aliphatic carbocycles. The molecular weight excluding hydrogens is 304 g/mol. The molecule has 2 fully saturated rings. The molecule has 0 aromatic carbocycles. The largest absolute Gasteiger partial charge is 0.463 e. The third kappa shape index (κ3) is 2.55. The van der Waals surface area contributed by atoms with Gasteiger partial charge in [0.2, 0.25) is 0 Å². The molecule has 132 valence electrons. The molecular formula is C20H28O4. The number of esters is 1. The molecule has 2 saturated carbocycles. The Kier molecular flexibility index (Phi) is 4.43. The van der Waals surface area contributed by atoms with Crippen molar-refractivity contribution in [3.63, 3.8) is 0 Å². The lowest BCUT2D eigenvalue weighted by molar-refractivity contribution is -0.140. The van der Waals surface area contributed by atoms with Crippen molar-refractivity contribution in [2.24, 2.45) is 29.1 Å². The summed E-state index contributed by atoms with van der Waals surface area (Å²) in [6, 6.07) is 0. The van der Waals surface area contributed by atoms with E-state index in [0.29, 0.717) is 36.5 Å². The molecule has 3 rings (SSSR count). The predicted molar refractivity (Wildman–Crippen MR) is 90.2 cm³/mol. The first kappa shape index (κ1) is 17.4. The maximum absolute atomic E-state index is 13.5. The first-order chi connectivity index (χ1) is 11.3. The molecule has 0 bridgehead atoms. The van der Waals surface area contributed by atoms with Crippen LogP contribution in [0.4, 0.5) is 0 Å². The van der Waals surface area contributed by atoms with Gasteiger partial charge in [-0.2, -0.15) is 0 Å². The Morgan fingerprint density at radius 3 is 2.62 bits per heavy atom. The average molecular weight is 332 g/mol. The molecule has 0 radical (unpaired) electrons. The van der Waals surface area contributed by atoms with E-state index in [0.717, 1.165) is 19.3 Å². The van der Waals surface area contributed by atoms with E-state index >= 15 is 0 Å². The van der Waals surface area contributed by atoms with Crippen LogP contribution in [0.15, 0.2) is 11.1 Å². The topological polar surface area (TPSA) is 60.4 Å². The molecule has 3 aliphatic rings. The molecule has 0 amide bonds. The molecule has 4 heteroatoms. The minimum absolute atomic E-state index is 0.0438. The third-order valence-electron chi connectivity index (χ3n) is 6.61. The van der Waals surface area contributed by atoms with E-state index in [9.17, 15) is 14.4 Å². The third-order valence-corrected chi connectivity index (χ3v) is 6.61. The van der Waals surface area contributed by atoms with E-state index in [-0.39, 0.29) is 35.3 Å². The summed E-state index contributed by atoms with van der Waals surface area (Å²) in [4.78, 5) is 38.2. The van der Waals surface area contributed by atoms with Crippen LogP contribution in [0.5, 0.6) is 0 Å². The van der Waals surface area contributed by atoms with E-state index in [2.05, 4.69) is 6.92 Å². The number of rotatable bonds is 2. The van der Waals surface area contributed by atoms with Crippen LogP contribution in [0, 0.1) is 29.1 Å². The first-order valence-corrected chi connectivity index (χ1v) is 9.27. The van der Waals surface area contributed by atoms with Crippen LogP contribution in [0.2, 0.25) is 0 Å². The summed E-state index contributed by atoms with van der Waals surface area (Å²) in [5, 5.41) is 0. The van der Waals surface area contributed by atoms with Gasteiger partial charge in [-0.05, 0) is 49.9 Å². The smallest absolute Gasteiger partial charge is 0.334 e. The van der Waals surface area contributed by atoms with E-state index in [1.165, 1.54) is 0 Å². The fraction of sp³-hybridized carbons (Fsp3) is 0.750. The molecule has 4 nitrogen and oxygen atoms in total. The first-order valence-electron chi connectivity index (χ1n) is 9.27. The number of Topliss-reactive ketones (excluding diaryl/α,β-unsaturated/α-hetero) is 2. The van der Waals surface area contributed by atoms with Crippen LogP contribution in [-0.2, 0) is 19.1 Å². The predicted octanol–water partition coefficient (Wildman–Crippen LogP) is 3.49. The Morgan fingerprint density at radius 1 is 1.25 bits per heavy atom. The lowest BCUT2D eigenvalue weighted by atomic mass is 9.69. The molecule has 0 saturated heterocycles. The fourth-order valence-corrected chi connectivity index (χ4v) is 5.22. The molecule has 5 atom stereocenters. The average Bonchev–Trinajstić information content (AvgIpc) is 2.77. The quantitative estimate of drug-likeness (QED) is 0.726. The van der Waals surface area contributed by atoms with Gasteiger partial charge in [0.15, 0.2) is 5.78 Å². The van der Waals surface area contributed by atoms with Gasteiger partial charge < -0.3 is 4.74 Å². The standard InChI is InChI=1S/C20H28O4/c1-5-24-19(23)16-11(2)6-7-15-12(3)8-13-9-14(21)10-20(13,4)18(22)17(15)16/h11-13,15H,5-10H2,1-4H3/t11-,12-,13+,15+,20-/m0/s1. The lowest BCUT2D eigenvalue weighted by Gasteiger charge is -2.34. The van der Waals surface area contributed by atoms with E-state index in [1.54, 1.807) is 6.92 Å². The van der Waals surface area contributed by atoms with Gasteiger partial charge in [0.25, 0.3) is 0 Å². The Labute approximate surface area is 144 Å². The number of carbonyl (C=O) groups excluding carboxylic acids is 3. The summed E-state index contributed by atoms with van der Waals surface area (Å²) in [5.41, 5.74) is 0.648. The van der Waals surface area contributed by atoms with Crippen molar-refractivity contribution < 1.29 is 19.1 Å². The van der Waals surface area contributed by atoms with Gasteiger partial charge in [-0.25, -0.2) is 4.79 Å². The maximum Gasteiger partial charge on any atom is 0.334 e. The lowest BCUT2D eigenvalue weighted by Crippen LogP contribution is -2.36. The monoisotopic (exact) mass is 332 g/mol. The summed E-state index contributed by atoms with van der Waals surface area (Å²) >= 11 is 0. The highest BCUT2D eigenvalue weighted by molar-refractivity contribution is 6.10. The summed E-state index contributed by atoms with van der Waals surface area (Å²) < 4.78 is 5.27. The molecule has 0 heterocycles. The molecule has 0 N–H and O–H groups in total. The van der Waals surface area contributed by atoms with Crippen molar-refractivity contribution in [3.8, 4) is 0 Å². The van der Waals surface area contributed by atoms with Gasteiger partial charge >= 0.3 is 5.97 Å². The second-order valence-corrected chi connectivity index (χ2v) is 8.21. The van der Waals surface area contributed by atoms with Crippen LogP contribution >= 0.6 is 0 Å². The second kappa shape index (κ2) is 6.12. The van der Waals surface area contributed by atoms with Crippen molar-refractivity contribution in [3.05, 3.63) is 11.1 Å². The van der Waals surface area contributed by atoms with Crippen molar-refractivity contribution in [2.75, 3.05) is 6.61 Å². The van der Waals surface area contributed by atoms with Crippen molar-refractivity contribution in [1.29, 1.82) is 0 Å². The van der Waals surface area contributed by atoms with Gasteiger partial charge in [-0.1, -0.05) is 20.8 Å². The number of fused-ring (bicyclic) bond motifs is 2. The Balaban J connectivity index is 2.15. The van der Waals surface area contributed by atoms with Crippen molar-refractivity contribution in [2.45, 2.75) is 59.8 Å². The summed E-state index contributed by atoms with van der Waals surface area (Å²) in [5.74, 6) is 0.500. The molecule has 0 aromatic rings. The van der Waals surface area contributed by atoms with Crippen LogP contribution in [0.1, 0.15) is 59.8 Å². The molecule has 0 aliphatic heterocycles. The minimum atomic E-state index is -0.635. The summed E-state index contributed by atoms with van der Waals surface area (Å²) in [6.45, 7) is 8.23. The zero-order chi connectivity index (χ0) is 17.6. The van der Waals surface area contributed by atoms with Crippen LogP contribution in [0.3, 0.4) is 0 Å². The van der Waals surface area contributed by atoms with Crippen molar-refractivity contribution >= 4 is 17.5 Å². The number of carbonyl (C=O) groups is 3. The van der Waals surface area contributed by atoms with E-state index < -0.39 is 5.41 Å². The highest BCUT2D eigenvalue weighted by Gasteiger charge is 2.55. The van der Waals surface area contributed by atoms with Crippen LogP contribution < -0.4 is 0 Å². The summed E-state index contributed by atoms with van der Waals surface area (Å²) in [6.07, 6.45) is 3.59. The Hall–Kier alpha value is -1.45. The molecule has 0 unspecified atom stereocenters. The normalized spacial score (nSPS) is 39.3. The SMILES string of the molecule is CCOC(=O)C1=C2C(=O)[C@@]3(C)CC(=O)C[C@H]3C[C@H](C)[C@H]2CC[C@@H]1C. The van der Waals surface area contributed by atoms with Gasteiger partial charge in [-0.15, -0.1) is 0 Å². The number of ketones is 2.